The molecule has 0 bridgehead atoms. The van der Waals surface area contributed by atoms with Crippen molar-refractivity contribution in [2.75, 3.05) is 6.54 Å². The summed E-state index contributed by atoms with van der Waals surface area (Å²) in [5, 5.41) is 3.02. The quantitative estimate of drug-likeness (QED) is 0.259. The average Bonchev–Trinajstić information content (AvgIpc) is 3.78. The van der Waals surface area contributed by atoms with Crippen LogP contribution in [0.4, 0.5) is 4.39 Å². The zero-order valence-electron chi connectivity index (χ0n) is 24.3. The number of sulfonamides is 1. The molecule has 1 unspecified atom stereocenters. The van der Waals surface area contributed by atoms with Crippen LogP contribution in [0.15, 0.2) is 83.8 Å². The van der Waals surface area contributed by atoms with E-state index >= 15 is 0 Å². The minimum atomic E-state index is -3.56. The van der Waals surface area contributed by atoms with E-state index in [-0.39, 0.29) is 41.5 Å². The molecule has 1 saturated carbocycles. The van der Waals surface area contributed by atoms with Crippen LogP contribution in [0.1, 0.15) is 56.2 Å². The minimum Gasteiger partial charge on any atom is -0.354 e. The van der Waals surface area contributed by atoms with Gasteiger partial charge in [-0.05, 0) is 72.6 Å². The standard InChI is InChI=1S/C33H40FN3O4S/c1-24(2)20-21-35-33(39)31(22-26-6-4-3-5-7-26)37(23-27-8-13-28(34)14-9-27)32(38)19-12-25-10-17-30(18-11-25)42(40,41)36-29-15-16-29/h3-11,13-14,17-18,24,29,31,36H,12,15-16,19-23H2,1-2H3,(H,35,39). The number of halogens is 1. The van der Waals surface area contributed by atoms with Crippen molar-refractivity contribution in [1.82, 2.24) is 14.9 Å². The van der Waals surface area contributed by atoms with Gasteiger partial charge in [-0.3, -0.25) is 9.59 Å². The maximum absolute atomic E-state index is 13.8. The molecule has 1 fully saturated rings. The molecule has 2 N–H and O–H groups in total. The fourth-order valence-corrected chi connectivity index (χ4v) is 5.97. The first-order valence-electron chi connectivity index (χ1n) is 14.6. The largest absolute Gasteiger partial charge is 0.354 e. The number of nitrogens with zero attached hydrogens (tertiary/aromatic N) is 1. The van der Waals surface area contributed by atoms with Crippen molar-refractivity contribution < 1.29 is 22.4 Å². The Morgan fingerprint density at radius 2 is 1.55 bits per heavy atom. The highest BCUT2D eigenvalue weighted by Gasteiger charge is 2.30. The Bertz CT molecular complexity index is 1420. The van der Waals surface area contributed by atoms with Gasteiger partial charge in [0.15, 0.2) is 0 Å². The van der Waals surface area contributed by atoms with Gasteiger partial charge in [0.2, 0.25) is 21.8 Å². The molecule has 0 aliphatic heterocycles. The Labute approximate surface area is 248 Å². The Kier molecular flexibility index (Phi) is 10.9. The molecule has 1 atom stereocenters. The lowest BCUT2D eigenvalue weighted by atomic mass is 10.0. The van der Waals surface area contributed by atoms with Gasteiger partial charge in [-0.25, -0.2) is 17.5 Å². The number of hydrogen-bond donors (Lipinski definition) is 2. The normalized spacial score (nSPS) is 14.0. The van der Waals surface area contributed by atoms with Crippen molar-refractivity contribution in [2.45, 2.75) is 75.9 Å². The van der Waals surface area contributed by atoms with Gasteiger partial charge in [0.25, 0.3) is 0 Å². The molecule has 42 heavy (non-hydrogen) atoms. The van der Waals surface area contributed by atoms with Gasteiger partial charge in [0.05, 0.1) is 4.90 Å². The Balaban J connectivity index is 1.53. The second-order valence-corrected chi connectivity index (χ2v) is 13.1. The average molecular weight is 594 g/mol. The summed E-state index contributed by atoms with van der Waals surface area (Å²) in [6, 6.07) is 21.3. The summed E-state index contributed by atoms with van der Waals surface area (Å²) in [5.74, 6) is -0.401. The number of hydrogen-bond acceptors (Lipinski definition) is 4. The Hall–Kier alpha value is -3.56. The molecule has 0 aromatic heterocycles. The van der Waals surface area contributed by atoms with Crippen molar-refractivity contribution in [2.24, 2.45) is 5.92 Å². The fourth-order valence-electron chi connectivity index (χ4n) is 4.66. The van der Waals surface area contributed by atoms with E-state index in [0.717, 1.165) is 36.0 Å². The third kappa shape index (κ3) is 9.49. The van der Waals surface area contributed by atoms with Crippen molar-refractivity contribution >= 4 is 21.8 Å². The first-order chi connectivity index (χ1) is 20.1. The third-order valence-electron chi connectivity index (χ3n) is 7.32. The summed E-state index contributed by atoms with van der Waals surface area (Å²) in [4.78, 5) is 29.2. The fraction of sp³-hybridized carbons (Fsp3) is 0.394. The molecule has 0 heterocycles. The lowest BCUT2D eigenvalue weighted by Crippen LogP contribution is -2.50. The van der Waals surface area contributed by atoms with E-state index in [0.29, 0.717) is 25.3 Å². The molecular formula is C33H40FN3O4S. The van der Waals surface area contributed by atoms with Crippen LogP contribution in [0.5, 0.6) is 0 Å². The van der Waals surface area contributed by atoms with Crippen molar-refractivity contribution in [3.8, 4) is 0 Å². The molecule has 2 amide bonds. The molecule has 0 saturated heterocycles. The van der Waals surface area contributed by atoms with Crippen LogP contribution in [-0.2, 0) is 39.0 Å². The lowest BCUT2D eigenvalue weighted by molar-refractivity contribution is -0.141. The van der Waals surface area contributed by atoms with Gasteiger partial charge in [0, 0.05) is 32.0 Å². The van der Waals surface area contributed by atoms with Crippen molar-refractivity contribution in [3.63, 3.8) is 0 Å². The second kappa shape index (κ2) is 14.6. The summed E-state index contributed by atoms with van der Waals surface area (Å²) in [5.41, 5.74) is 2.46. The maximum Gasteiger partial charge on any atom is 0.243 e. The van der Waals surface area contributed by atoms with E-state index in [4.69, 9.17) is 0 Å². The van der Waals surface area contributed by atoms with Crippen molar-refractivity contribution in [3.05, 3.63) is 101 Å². The first-order valence-corrected chi connectivity index (χ1v) is 16.1. The monoisotopic (exact) mass is 593 g/mol. The summed E-state index contributed by atoms with van der Waals surface area (Å²) < 4.78 is 41.3. The molecule has 1 aliphatic carbocycles. The van der Waals surface area contributed by atoms with Crippen LogP contribution in [0.3, 0.4) is 0 Å². The van der Waals surface area contributed by atoms with Crippen LogP contribution in [-0.4, -0.2) is 43.8 Å². The molecule has 7 nitrogen and oxygen atoms in total. The predicted molar refractivity (Wildman–Crippen MR) is 161 cm³/mol. The third-order valence-corrected chi connectivity index (χ3v) is 8.85. The van der Waals surface area contributed by atoms with Crippen LogP contribution >= 0.6 is 0 Å². The molecule has 9 heteroatoms. The first kappa shape index (κ1) is 31.4. The van der Waals surface area contributed by atoms with Crippen LogP contribution < -0.4 is 10.0 Å². The number of aryl methyl sites for hydroxylation is 1. The predicted octanol–water partition coefficient (Wildman–Crippen LogP) is 5.00. The van der Waals surface area contributed by atoms with Gasteiger partial charge in [-0.2, -0.15) is 0 Å². The van der Waals surface area contributed by atoms with Gasteiger partial charge < -0.3 is 10.2 Å². The molecule has 3 aromatic rings. The SMILES string of the molecule is CC(C)CCNC(=O)C(Cc1ccccc1)N(Cc1ccc(F)cc1)C(=O)CCc1ccc(S(=O)(=O)NC2CC2)cc1. The summed E-state index contributed by atoms with van der Waals surface area (Å²) in [6.07, 6.45) is 3.36. The van der Waals surface area contributed by atoms with Crippen LogP contribution in [0.2, 0.25) is 0 Å². The van der Waals surface area contributed by atoms with Gasteiger partial charge in [0.1, 0.15) is 11.9 Å². The topological polar surface area (TPSA) is 95.6 Å². The highest BCUT2D eigenvalue weighted by molar-refractivity contribution is 7.89. The van der Waals surface area contributed by atoms with E-state index in [1.807, 2.05) is 30.3 Å². The Morgan fingerprint density at radius 3 is 2.17 bits per heavy atom. The van der Waals surface area contributed by atoms with E-state index < -0.39 is 16.1 Å². The summed E-state index contributed by atoms with van der Waals surface area (Å²) >= 11 is 0. The minimum absolute atomic E-state index is 0.0193. The number of carbonyl (C=O) groups is 2. The van der Waals surface area contributed by atoms with E-state index in [9.17, 15) is 22.4 Å². The van der Waals surface area contributed by atoms with Crippen LogP contribution in [0.25, 0.3) is 0 Å². The second-order valence-electron chi connectivity index (χ2n) is 11.4. The van der Waals surface area contributed by atoms with E-state index in [1.165, 1.54) is 12.1 Å². The Morgan fingerprint density at radius 1 is 0.905 bits per heavy atom. The zero-order chi connectivity index (χ0) is 30.1. The molecule has 4 rings (SSSR count). The molecular weight excluding hydrogens is 553 g/mol. The zero-order valence-corrected chi connectivity index (χ0v) is 25.1. The van der Waals surface area contributed by atoms with E-state index in [1.54, 1.807) is 41.3 Å². The number of carbonyl (C=O) groups excluding carboxylic acids is 2. The van der Waals surface area contributed by atoms with Gasteiger partial charge >= 0.3 is 0 Å². The molecule has 1 aliphatic rings. The van der Waals surface area contributed by atoms with Gasteiger partial charge in [-0.15, -0.1) is 0 Å². The highest BCUT2D eigenvalue weighted by Crippen LogP contribution is 2.23. The summed E-state index contributed by atoms with van der Waals surface area (Å²) in [6.45, 7) is 4.83. The highest BCUT2D eigenvalue weighted by atomic mass is 32.2. The number of benzene rings is 3. The van der Waals surface area contributed by atoms with Gasteiger partial charge in [-0.1, -0.05) is 68.4 Å². The summed E-state index contributed by atoms with van der Waals surface area (Å²) in [7, 11) is -3.56. The molecule has 224 valence electrons. The number of amides is 2. The number of rotatable bonds is 15. The van der Waals surface area contributed by atoms with Crippen molar-refractivity contribution in [1.29, 1.82) is 0 Å². The van der Waals surface area contributed by atoms with Crippen LogP contribution in [0, 0.1) is 11.7 Å². The molecule has 0 spiro atoms. The lowest BCUT2D eigenvalue weighted by Gasteiger charge is -2.32. The number of nitrogens with one attached hydrogen (secondary N) is 2. The smallest absolute Gasteiger partial charge is 0.243 e. The maximum atomic E-state index is 13.8. The molecule has 3 aromatic carbocycles. The van der Waals surface area contributed by atoms with E-state index in [2.05, 4.69) is 23.9 Å². The molecule has 0 radical (unpaired) electrons.